The van der Waals surface area contributed by atoms with Gasteiger partial charge in [-0.25, -0.2) is 4.39 Å². The third-order valence-corrected chi connectivity index (χ3v) is 3.17. The average molecular weight is 223 g/mol. The number of rotatable bonds is 5. The molecule has 1 N–H and O–H groups in total. The molecule has 3 heteroatoms. The Labute approximate surface area is 95.8 Å². The van der Waals surface area contributed by atoms with Crippen LogP contribution in [0, 0.1) is 5.82 Å². The fraction of sp³-hybridized carbons (Fsp3) is 0.538. The molecule has 16 heavy (non-hydrogen) atoms. The minimum absolute atomic E-state index is 0.293. The van der Waals surface area contributed by atoms with Crippen molar-refractivity contribution in [3.63, 3.8) is 0 Å². The summed E-state index contributed by atoms with van der Waals surface area (Å²) in [6.07, 6.45) is 4.87. The molecule has 1 saturated carbocycles. The highest BCUT2D eigenvalue weighted by Gasteiger charge is 2.15. The van der Waals surface area contributed by atoms with Crippen molar-refractivity contribution in [1.82, 2.24) is 5.32 Å². The zero-order valence-corrected chi connectivity index (χ0v) is 9.63. The molecule has 1 aromatic rings. The number of hydrogen-bond acceptors (Lipinski definition) is 2. The molecule has 0 radical (unpaired) electrons. The second-order valence-corrected chi connectivity index (χ2v) is 4.30. The first-order valence-electron chi connectivity index (χ1n) is 5.85. The SMILES string of the molecule is COc1cc(CCNC2CCC2)ccc1F. The van der Waals surface area contributed by atoms with Crippen molar-refractivity contribution in [1.29, 1.82) is 0 Å². The summed E-state index contributed by atoms with van der Waals surface area (Å²) < 4.78 is 18.1. The van der Waals surface area contributed by atoms with Crippen LogP contribution in [0.3, 0.4) is 0 Å². The van der Waals surface area contributed by atoms with Crippen LogP contribution in [0.2, 0.25) is 0 Å². The van der Waals surface area contributed by atoms with E-state index in [1.54, 1.807) is 6.07 Å². The maximum Gasteiger partial charge on any atom is 0.165 e. The Morgan fingerprint density at radius 1 is 1.44 bits per heavy atom. The van der Waals surface area contributed by atoms with E-state index in [1.807, 2.05) is 6.07 Å². The molecule has 0 amide bonds. The summed E-state index contributed by atoms with van der Waals surface area (Å²) in [5, 5.41) is 3.49. The molecule has 2 rings (SSSR count). The molecule has 1 aliphatic carbocycles. The normalized spacial score (nSPS) is 15.9. The van der Waals surface area contributed by atoms with Crippen molar-refractivity contribution < 1.29 is 9.13 Å². The summed E-state index contributed by atoms with van der Waals surface area (Å²) in [5.41, 5.74) is 1.12. The molecule has 2 nitrogen and oxygen atoms in total. The number of ether oxygens (including phenoxy) is 1. The fourth-order valence-corrected chi connectivity index (χ4v) is 1.89. The van der Waals surface area contributed by atoms with Gasteiger partial charge in [-0.05, 0) is 43.5 Å². The molecule has 0 bridgehead atoms. The Balaban J connectivity index is 1.83. The van der Waals surface area contributed by atoms with Crippen LogP contribution in [-0.4, -0.2) is 19.7 Å². The van der Waals surface area contributed by atoms with Crippen LogP contribution in [0.4, 0.5) is 4.39 Å². The van der Waals surface area contributed by atoms with Gasteiger partial charge in [0.2, 0.25) is 0 Å². The van der Waals surface area contributed by atoms with Gasteiger partial charge in [-0.1, -0.05) is 12.5 Å². The zero-order chi connectivity index (χ0) is 11.4. The summed E-state index contributed by atoms with van der Waals surface area (Å²) in [7, 11) is 1.49. The van der Waals surface area contributed by atoms with Gasteiger partial charge in [0.1, 0.15) is 0 Å². The molecule has 1 aromatic carbocycles. The van der Waals surface area contributed by atoms with Gasteiger partial charge in [-0.3, -0.25) is 0 Å². The molecule has 1 aliphatic rings. The summed E-state index contributed by atoms with van der Waals surface area (Å²) in [6.45, 7) is 0.958. The summed E-state index contributed by atoms with van der Waals surface area (Å²) >= 11 is 0. The Hall–Kier alpha value is -1.09. The van der Waals surface area contributed by atoms with Crippen LogP contribution in [0.1, 0.15) is 24.8 Å². The van der Waals surface area contributed by atoms with Crippen molar-refractivity contribution in [3.8, 4) is 5.75 Å². The van der Waals surface area contributed by atoms with Crippen LogP contribution < -0.4 is 10.1 Å². The molecular formula is C13H18FNO. The molecule has 0 spiro atoms. The molecular weight excluding hydrogens is 205 g/mol. The maximum absolute atomic E-state index is 13.1. The topological polar surface area (TPSA) is 21.3 Å². The van der Waals surface area contributed by atoms with Crippen molar-refractivity contribution in [3.05, 3.63) is 29.6 Å². The lowest BCUT2D eigenvalue weighted by Gasteiger charge is -2.26. The number of nitrogens with one attached hydrogen (secondary N) is 1. The van der Waals surface area contributed by atoms with Crippen LogP contribution in [-0.2, 0) is 6.42 Å². The van der Waals surface area contributed by atoms with Gasteiger partial charge in [0.25, 0.3) is 0 Å². The van der Waals surface area contributed by atoms with E-state index in [9.17, 15) is 4.39 Å². The first kappa shape index (κ1) is 11.4. The Morgan fingerprint density at radius 2 is 2.25 bits per heavy atom. The van der Waals surface area contributed by atoms with E-state index < -0.39 is 0 Å². The third-order valence-electron chi connectivity index (χ3n) is 3.17. The molecule has 0 aliphatic heterocycles. The van der Waals surface area contributed by atoms with Gasteiger partial charge in [-0.15, -0.1) is 0 Å². The van der Waals surface area contributed by atoms with E-state index in [1.165, 1.54) is 32.4 Å². The van der Waals surface area contributed by atoms with E-state index in [2.05, 4.69) is 5.32 Å². The first-order chi connectivity index (χ1) is 7.79. The summed E-state index contributed by atoms with van der Waals surface area (Å²) in [5.74, 6) is 0.0411. The smallest absolute Gasteiger partial charge is 0.165 e. The van der Waals surface area contributed by atoms with Gasteiger partial charge in [0.05, 0.1) is 7.11 Å². The second-order valence-electron chi connectivity index (χ2n) is 4.30. The number of benzene rings is 1. The third kappa shape index (κ3) is 2.73. The fourth-order valence-electron chi connectivity index (χ4n) is 1.89. The molecule has 0 unspecified atom stereocenters. The molecule has 0 heterocycles. The van der Waals surface area contributed by atoms with Crippen LogP contribution in [0.15, 0.2) is 18.2 Å². The van der Waals surface area contributed by atoms with E-state index in [-0.39, 0.29) is 5.82 Å². The average Bonchev–Trinajstić information content (AvgIpc) is 2.24. The van der Waals surface area contributed by atoms with E-state index >= 15 is 0 Å². The van der Waals surface area contributed by atoms with Crippen LogP contribution in [0.5, 0.6) is 5.75 Å². The molecule has 0 saturated heterocycles. The number of methoxy groups -OCH3 is 1. The number of hydrogen-bond donors (Lipinski definition) is 1. The van der Waals surface area contributed by atoms with Crippen LogP contribution >= 0.6 is 0 Å². The van der Waals surface area contributed by atoms with Gasteiger partial charge in [0, 0.05) is 6.04 Å². The lowest BCUT2D eigenvalue weighted by molar-refractivity contribution is 0.342. The Bertz CT molecular complexity index is 350. The van der Waals surface area contributed by atoms with Crippen molar-refractivity contribution in [2.45, 2.75) is 31.7 Å². The second kappa shape index (κ2) is 5.30. The standard InChI is InChI=1S/C13H18FNO/c1-16-13-9-10(5-6-12(13)14)7-8-15-11-3-2-4-11/h5-6,9,11,15H,2-4,7-8H2,1H3. The van der Waals surface area contributed by atoms with E-state index in [4.69, 9.17) is 4.74 Å². The van der Waals surface area contributed by atoms with E-state index in [0.29, 0.717) is 11.8 Å². The minimum Gasteiger partial charge on any atom is -0.494 e. The van der Waals surface area contributed by atoms with Gasteiger partial charge in [-0.2, -0.15) is 0 Å². The van der Waals surface area contributed by atoms with E-state index in [0.717, 1.165) is 18.5 Å². The number of halogens is 1. The highest BCUT2D eigenvalue weighted by molar-refractivity contribution is 5.30. The van der Waals surface area contributed by atoms with Gasteiger partial charge < -0.3 is 10.1 Å². The minimum atomic E-state index is -0.293. The van der Waals surface area contributed by atoms with Crippen molar-refractivity contribution in [2.75, 3.05) is 13.7 Å². The Morgan fingerprint density at radius 3 is 2.88 bits per heavy atom. The highest BCUT2D eigenvalue weighted by Crippen LogP contribution is 2.19. The highest BCUT2D eigenvalue weighted by atomic mass is 19.1. The van der Waals surface area contributed by atoms with Gasteiger partial charge >= 0.3 is 0 Å². The quantitative estimate of drug-likeness (QED) is 0.828. The largest absolute Gasteiger partial charge is 0.494 e. The van der Waals surface area contributed by atoms with Crippen molar-refractivity contribution >= 4 is 0 Å². The lowest BCUT2D eigenvalue weighted by atomic mass is 9.93. The monoisotopic (exact) mass is 223 g/mol. The van der Waals surface area contributed by atoms with Crippen LogP contribution in [0.25, 0.3) is 0 Å². The molecule has 0 atom stereocenters. The van der Waals surface area contributed by atoms with Gasteiger partial charge in [0.15, 0.2) is 11.6 Å². The maximum atomic E-state index is 13.1. The molecule has 1 fully saturated rings. The predicted molar refractivity (Wildman–Crippen MR) is 62.3 cm³/mol. The molecule has 88 valence electrons. The summed E-state index contributed by atoms with van der Waals surface area (Å²) in [6, 6.07) is 5.78. The van der Waals surface area contributed by atoms with Crippen molar-refractivity contribution in [2.24, 2.45) is 0 Å². The first-order valence-corrected chi connectivity index (χ1v) is 5.85. The lowest BCUT2D eigenvalue weighted by Crippen LogP contribution is -2.36. The Kier molecular flexibility index (Phi) is 3.78. The summed E-state index contributed by atoms with van der Waals surface area (Å²) in [4.78, 5) is 0. The predicted octanol–water partition coefficient (Wildman–Crippen LogP) is 2.52. The molecule has 0 aromatic heterocycles. The zero-order valence-electron chi connectivity index (χ0n) is 9.63.